The first kappa shape index (κ1) is 14.2. The SMILES string of the molecule is CC(NC(=O)CCCCBr)c1ccc(F)cc1. The Kier molecular flexibility index (Phi) is 6.19. The van der Waals surface area contributed by atoms with Gasteiger partial charge in [-0.3, -0.25) is 4.79 Å². The molecule has 1 aromatic carbocycles. The van der Waals surface area contributed by atoms with E-state index in [1.807, 2.05) is 6.92 Å². The van der Waals surface area contributed by atoms with Crippen molar-refractivity contribution in [3.63, 3.8) is 0 Å². The van der Waals surface area contributed by atoms with Gasteiger partial charge in [0.05, 0.1) is 6.04 Å². The summed E-state index contributed by atoms with van der Waals surface area (Å²) in [6.07, 6.45) is 2.42. The van der Waals surface area contributed by atoms with E-state index >= 15 is 0 Å². The van der Waals surface area contributed by atoms with Gasteiger partial charge in [-0.15, -0.1) is 0 Å². The van der Waals surface area contributed by atoms with Crippen molar-refractivity contribution < 1.29 is 9.18 Å². The van der Waals surface area contributed by atoms with Crippen molar-refractivity contribution in [1.29, 1.82) is 0 Å². The van der Waals surface area contributed by atoms with Crippen LogP contribution in [-0.2, 0) is 4.79 Å². The van der Waals surface area contributed by atoms with E-state index in [-0.39, 0.29) is 17.8 Å². The van der Waals surface area contributed by atoms with E-state index in [1.165, 1.54) is 12.1 Å². The van der Waals surface area contributed by atoms with E-state index in [1.54, 1.807) is 12.1 Å². The largest absolute Gasteiger partial charge is 0.350 e. The first-order chi connectivity index (χ1) is 8.13. The van der Waals surface area contributed by atoms with Crippen LogP contribution in [0.3, 0.4) is 0 Å². The molecule has 1 N–H and O–H groups in total. The number of halogens is 2. The van der Waals surface area contributed by atoms with Gasteiger partial charge in [-0.25, -0.2) is 4.39 Å². The number of hydrogen-bond acceptors (Lipinski definition) is 1. The number of rotatable bonds is 6. The molecule has 0 aromatic heterocycles. The summed E-state index contributed by atoms with van der Waals surface area (Å²) >= 11 is 3.33. The highest BCUT2D eigenvalue weighted by Crippen LogP contribution is 2.13. The number of carbonyl (C=O) groups excluding carboxylic acids is 1. The molecule has 2 nitrogen and oxygen atoms in total. The molecule has 0 aliphatic carbocycles. The summed E-state index contributed by atoms with van der Waals surface area (Å²) in [6.45, 7) is 1.90. The number of unbranched alkanes of at least 4 members (excludes halogenated alkanes) is 1. The van der Waals surface area contributed by atoms with Crippen molar-refractivity contribution in [1.82, 2.24) is 5.32 Å². The second kappa shape index (κ2) is 7.43. The van der Waals surface area contributed by atoms with Crippen LogP contribution in [0.1, 0.15) is 37.8 Å². The fourth-order valence-corrected chi connectivity index (χ4v) is 1.92. The van der Waals surface area contributed by atoms with Gasteiger partial charge < -0.3 is 5.32 Å². The highest BCUT2D eigenvalue weighted by Gasteiger charge is 2.08. The molecule has 0 spiro atoms. The summed E-state index contributed by atoms with van der Waals surface area (Å²) in [6, 6.07) is 6.12. The zero-order valence-electron chi connectivity index (χ0n) is 9.88. The van der Waals surface area contributed by atoms with E-state index in [0.29, 0.717) is 6.42 Å². The minimum absolute atomic E-state index is 0.0442. The van der Waals surface area contributed by atoms with Crippen molar-refractivity contribution in [2.45, 2.75) is 32.2 Å². The van der Waals surface area contributed by atoms with Crippen LogP contribution >= 0.6 is 15.9 Å². The standard InChI is InChI=1S/C13H17BrFNO/c1-10(11-5-7-12(15)8-6-11)16-13(17)4-2-3-9-14/h5-8,10H,2-4,9H2,1H3,(H,16,17). The lowest BCUT2D eigenvalue weighted by Crippen LogP contribution is -2.26. The quantitative estimate of drug-likeness (QED) is 0.632. The maximum Gasteiger partial charge on any atom is 0.220 e. The van der Waals surface area contributed by atoms with Crippen LogP contribution in [0.5, 0.6) is 0 Å². The Morgan fingerprint density at radius 3 is 2.59 bits per heavy atom. The van der Waals surface area contributed by atoms with Gasteiger partial charge in [-0.1, -0.05) is 28.1 Å². The molecular weight excluding hydrogens is 285 g/mol. The lowest BCUT2D eigenvalue weighted by Gasteiger charge is -2.14. The fraction of sp³-hybridized carbons (Fsp3) is 0.462. The number of benzene rings is 1. The monoisotopic (exact) mass is 301 g/mol. The molecule has 0 radical (unpaired) electrons. The summed E-state index contributed by atoms with van der Waals surface area (Å²) in [5.41, 5.74) is 0.917. The molecule has 17 heavy (non-hydrogen) atoms. The van der Waals surface area contributed by atoms with Gasteiger partial charge in [0, 0.05) is 11.8 Å². The van der Waals surface area contributed by atoms with Crippen LogP contribution in [-0.4, -0.2) is 11.2 Å². The molecule has 0 saturated carbocycles. The molecule has 0 heterocycles. The van der Waals surface area contributed by atoms with Crippen molar-refractivity contribution in [3.05, 3.63) is 35.6 Å². The highest BCUT2D eigenvalue weighted by molar-refractivity contribution is 9.09. The van der Waals surface area contributed by atoms with Gasteiger partial charge >= 0.3 is 0 Å². The second-order valence-corrected chi connectivity index (χ2v) is 4.78. The number of nitrogens with one attached hydrogen (secondary N) is 1. The third-order valence-electron chi connectivity index (χ3n) is 2.53. The van der Waals surface area contributed by atoms with Gasteiger partial charge in [0.15, 0.2) is 0 Å². The van der Waals surface area contributed by atoms with Gasteiger partial charge in [-0.2, -0.15) is 0 Å². The molecule has 1 atom stereocenters. The molecule has 1 aromatic rings. The molecule has 0 aliphatic rings. The van der Waals surface area contributed by atoms with E-state index in [4.69, 9.17) is 0 Å². The zero-order chi connectivity index (χ0) is 12.7. The van der Waals surface area contributed by atoms with Crippen LogP contribution in [0.4, 0.5) is 4.39 Å². The Balaban J connectivity index is 2.40. The summed E-state index contributed by atoms with van der Waals surface area (Å²) in [5.74, 6) is -0.215. The first-order valence-corrected chi connectivity index (χ1v) is 6.86. The van der Waals surface area contributed by atoms with Gasteiger partial charge in [0.2, 0.25) is 5.91 Å². The average molecular weight is 302 g/mol. The average Bonchev–Trinajstić information content (AvgIpc) is 2.30. The van der Waals surface area contributed by atoms with Crippen LogP contribution in [0.2, 0.25) is 0 Å². The van der Waals surface area contributed by atoms with Crippen LogP contribution < -0.4 is 5.32 Å². The Labute approximate surface area is 110 Å². The van der Waals surface area contributed by atoms with E-state index < -0.39 is 0 Å². The highest BCUT2D eigenvalue weighted by atomic mass is 79.9. The van der Waals surface area contributed by atoms with Crippen LogP contribution in [0.15, 0.2) is 24.3 Å². The van der Waals surface area contributed by atoms with Gasteiger partial charge in [-0.05, 0) is 37.5 Å². The molecule has 1 rings (SSSR count). The smallest absolute Gasteiger partial charge is 0.220 e. The van der Waals surface area contributed by atoms with Crippen molar-refractivity contribution in [2.75, 3.05) is 5.33 Å². The Bertz CT molecular complexity index is 353. The summed E-state index contributed by atoms with van der Waals surface area (Å²) in [4.78, 5) is 11.6. The maximum atomic E-state index is 12.7. The lowest BCUT2D eigenvalue weighted by molar-refractivity contribution is -0.121. The van der Waals surface area contributed by atoms with E-state index in [2.05, 4.69) is 21.2 Å². The second-order valence-electron chi connectivity index (χ2n) is 3.99. The molecule has 1 amide bonds. The topological polar surface area (TPSA) is 29.1 Å². The van der Waals surface area contributed by atoms with E-state index in [0.717, 1.165) is 23.7 Å². The minimum Gasteiger partial charge on any atom is -0.350 e. The van der Waals surface area contributed by atoms with Crippen LogP contribution in [0.25, 0.3) is 0 Å². The van der Waals surface area contributed by atoms with Crippen molar-refractivity contribution in [2.24, 2.45) is 0 Å². The molecule has 0 saturated heterocycles. The summed E-state index contributed by atoms with van der Waals surface area (Å²) < 4.78 is 12.7. The molecule has 1 unspecified atom stereocenters. The predicted octanol–water partition coefficient (Wildman–Crippen LogP) is 3.57. The summed E-state index contributed by atoms with van der Waals surface area (Å²) in [7, 11) is 0. The third-order valence-corrected chi connectivity index (χ3v) is 3.10. The molecule has 0 bridgehead atoms. The van der Waals surface area contributed by atoms with Crippen LogP contribution in [0, 0.1) is 5.82 Å². The molecule has 0 aliphatic heterocycles. The summed E-state index contributed by atoms with van der Waals surface area (Å²) in [5, 5.41) is 3.82. The zero-order valence-corrected chi connectivity index (χ0v) is 11.5. The molecular formula is C13H17BrFNO. The maximum absolute atomic E-state index is 12.7. The van der Waals surface area contributed by atoms with Crippen molar-refractivity contribution in [3.8, 4) is 0 Å². The number of carbonyl (C=O) groups is 1. The third kappa shape index (κ3) is 5.31. The number of hydrogen-bond donors (Lipinski definition) is 1. The fourth-order valence-electron chi connectivity index (χ4n) is 1.53. The first-order valence-electron chi connectivity index (χ1n) is 5.74. The Morgan fingerprint density at radius 2 is 2.00 bits per heavy atom. The van der Waals surface area contributed by atoms with E-state index in [9.17, 15) is 9.18 Å². The predicted molar refractivity (Wildman–Crippen MR) is 70.6 cm³/mol. The van der Waals surface area contributed by atoms with Gasteiger partial charge in [0.25, 0.3) is 0 Å². The van der Waals surface area contributed by atoms with Crippen molar-refractivity contribution >= 4 is 21.8 Å². The molecule has 94 valence electrons. The molecule has 4 heteroatoms. The van der Waals surface area contributed by atoms with Gasteiger partial charge in [0.1, 0.15) is 5.82 Å². The normalized spacial score (nSPS) is 12.2. The minimum atomic E-state index is -0.260. The lowest BCUT2D eigenvalue weighted by atomic mass is 10.1. The Morgan fingerprint density at radius 1 is 1.35 bits per heavy atom. The number of amides is 1. The molecule has 0 fully saturated rings. The Hall–Kier alpha value is -0.900. The number of alkyl halides is 1.